The lowest BCUT2D eigenvalue weighted by molar-refractivity contribution is 0.181. The quantitative estimate of drug-likeness (QED) is 0.845. The van der Waals surface area contributed by atoms with Crippen LogP contribution in [-0.2, 0) is 10.0 Å². The van der Waals surface area contributed by atoms with E-state index in [1.54, 1.807) is 24.3 Å². The molecule has 2 N–H and O–H groups in total. The molecule has 0 radical (unpaired) electrons. The van der Waals surface area contributed by atoms with Gasteiger partial charge >= 0.3 is 0 Å². The van der Waals surface area contributed by atoms with Crippen molar-refractivity contribution in [1.82, 2.24) is 4.72 Å². The second-order valence-electron chi connectivity index (χ2n) is 4.60. The average molecular weight is 342 g/mol. The maximum absolute atomic E-state index is 12.1. The van der Waals surface area contributed by atoms with Crippen LogP contribution in [0, 0.1) is 0 Å². The molecule has 0 heterocycles. The molecule has 0 spiro atoms. The van der Waals surface area contributed by atoms with Crippen LogP contribution in [0.25, 0.3) is 0 Å². The van der Waals surface area contributed by atoms with Crippen molar-refractivity contribution in [3.63, 3.8) is 0 Å². The molecule has 0 aliphatic heterocycles. The van der Waals surface area contributed by atoms with Crippen molar-refractivity contribution < 1.29 is 18.3 Å². The van der Waals surface area contributed by atoms with Gasteiger partial charge in [0, 0.05) is 11.6 Å². The molecule has 0 aromatic heterocycles. The molecule has 22 heavy (non-hydrogen) atoms. The van der Waals surface area contributed by atoms with Crippen LogP contribution in [0.1, 0.15) is 11.7 Å². The molecule has 0 saturated heterocycles. The van der Waals surface area contributed by atoms with E-state index in [1.165, 1.54) is 31.4 Å². The van der Waals surface area contributed by atoms with Gasteiger partial charge in [0.25, 0.3) is 0 Å². The number of hydrogen-bond donors (Lipinski definition) is 2. The number of aliphatic hydroxyl groups is 1. The van der Waals surface area contributed by atoms with Gasteiger partial charge in [-0.15, -0.1) is 0 Å². The van der Waals surface area contributed by atoms with Gasteiger partial charge in [0.1, 0.15) is 5.75 Å². The smallest absolute Gasteiger partial charge is 0.240 e. The normalized spacial score (nSPS) is 12.9. The van der Waals surface area contributed by atoms with E-state index in [1.807, 2.05) is 0 Å². The maximum Gasteiger partial charge on any atom is 0.240 e. The molecule has 2 rings (SSSR count). The summed E-state index contributed by atoms with van der Waals surface area (Å²) in [7, 11) is -2.17. The van der Waals surface area contributed by atoms with E-state index in [2.05, 4.69) is 4.72 Å². The summed E-state index contributed by atoms with van der Waals surface area (Å²) in [6.07, 6.45) is -0.975. The van der Waals surface area contributed by atoms with Crippen LogP contribution in [0.15, 0.2) is 53.4 Å². The largest absolute Gasteiger partial charge is 0.497 e. The fourth-order valence-corrected chi connectivity index (χ4v) is 3.02. The molecule has 118 valence electrons. The van der Waals surface area contributed by atoms with Crippen molar-refractivity contribution in [2.24, 2.45) is 0 Å². The lowest BCUT2D eigenvalue weighted by Gasteiger charge is -2.13. The molecule has 0 saturated carbocycles. The highest BCUT2D eigenvalue weighted by atomic mass is 35.5. The zero-order chi connectivity index (χ0) is 16.2. The molecule has 0 aliphatic rings. The van der Waals surface area contributed by atoms with Gasteiger partial charge < -0.3 is 9.84 Å². The number of aliphatic hydroxyl groups excluding tert-OH is 1. The molecular formula is C15H16ClNO4S. The first-order chi connectivity index (χ1) is 10.4. The van der Waals surface area contributed by atoms with Crippen LogP contribution in [0.5, 0.6) is 5.75 Å². The summed E-state index contributed by atoms with van der Waals surface area (Å²) in [4.78, 5) is 0.0924. The Morgan fingerprint density at radius 2 is 1.91 bits per heavy atom. The number of halogens is 1. The predicted octanol–water partition coefficient (Wildman–Crippen LogP) is 2.36. The second kappa shape index (κ2) is 7.11. The Balaban J connectivity index is 2.06. The number of ether oxygens (including phenoxy) is 1. The van der Waals surface area contributed by atoms with Crippen molar-refractivity contribution in [2.75, 3.05) is 13.7 Å². The standard InChI is InChI=1S/C15H16ClNO4S/c1-21-13-4-2-3-11(9-13)15(18)10-17-22(19,20)14-7-5-12(16)6-8-14/h2-9,15,17-18H,10H2,1H3. The van der Waals surface area contributed by atoms with Crippen LogP contribution in [0.2, 0.25) is 5.02 Å². The summed E-state index contributed by atoms with van der Waals surface area (Å²) in [6, 6.07) is 12.6. The molecule has 2 aromatic carbocycles. The zero-order valence-electron chi connectivity index (χ0n) is 11.9. The first kappa shape index (κ1) is 16.8. The van der Waals surface area contributed by atoms with Crippen molar-refractivity contribution in [3.8, 4) is 5.75 Å². The highest BCUT2D eigenvalue weighted by molar-refractivity contribution is 7.89. The van der Waals surface area contributed by atoms with E-state index in [9.17, 15) is 13.5 Å². The molecular weight excluding hydrogens is 326 g/mol. The monoisotopic (exact) mass is 341 g/mol. The Labute approximate surface area is 134 Å². The molecule has 2 aromatic rings. The molecule has 0 fully saturated rings. The van der Waals surface area contributed by atoms with Gasteiger partial charge in [0.15, 0.2) is 0 Å². The molecule has 1 unspecified atom stereocenters. The minimum atomic E-state index is -3.70. The first-order valence-electron chi connectivity index (χ1n) is 6.49. The van der Waals surface area contributed by atoms with Crippen molar-refractivity contribution in [2.45, 2.75) is 11.0 Å². The third-order valence-electron chi connectivity index (χ3n) is 3.07. The van der Waals surface area contributed by atoms with E-state index in [-0.39, 0.29) is 11.4 Å². The molecule has 0 bridgehead atoms. The van der Waals surface area contributed by atoms with Crippen LogP contribution in [0.4, 0.5) is 0 Å². The second-order valence-corrected chi connectivity index (χ2v) is 6.80. The minimum absolute atomic E-state index is 0.0924. The van der Waals surface area contributed by atoms with Crippen LogP contribution in [0.3, 0.4) is 0 Å². The van der Waals surface area contributed by atoms with Crippen molar-refractivity contribution >= 4 is 21.6 Å². The van der Waals surface area contributed by atoms with Gasteiger partial charge in [0.05, 0.1) is 18.1 Å². The Hall–Kier alpha value is -1.60. The van der Waals surface area contributed by atoms with E-state index in [0.29, 0.717) is 16.3 Å². The van der Waals surface area contributed by atoms with Crippen LogP contribution < -0.4 is 9.46 Å². The summed E-state index contributed by atoms with van der Waals surface area (Å²) < 4.78 is 31.7. The van der Waals surface area contributed by atoms with Gasteiger partial charge in [-0.25, -0.2) is 13.1 Å². The molecule has 0 amide bonds. The Morgan fingerprint density at radius 1 is 1.23 bits per heavy atom. The van der Waals surface area contributed by atoms with Crippen molar-refractivity contribution in [1.29, 1.82) is 0 Å². The highest BCUT2D eigenvalue weighted by Gasteiger charge is 2.16. The number of nitrogens with one attached hydrogen (secondary N) is 1. The lowest BCUT2D eigenvalue weighted by Crippen LogP contribution is -2.28. The zero-order valence-corrected chi connectivity index (χ0v) is 13.4. The lowest BCUT2D eigenvalue weighted by atomic mass is 10.1. The Bertz CT molecular complexity index is 731. The molecule has 1 atom stereocenters. The highest BCUT2D eigenvalue weighted by Crippen LogP contribution is 2.19. The summed E-state index contributed by atoms with van der Waals surface area (Å²) in [5.41, 5.74) is 0.568. The van der Waals surface area contributed by atoms with Gasteiger partial charge in [-0.1, -0.05) is 23.7 Å². The van der Waals surface area contributed by atoms with Gasteiger partial charge in [-0.05, 0) is 42.0 Å². The summed E-state index contributed by atoms with van der Waals surface area (Å²) >= 11 is 5.73. The topological polar surface area (TPSA) is 75.6 Å². The molecule has 0 aliphatic carbocycles. The third-order valence-corrected chi connectivity index (χ3v) is 4.76. The summed E-state index contributed by atoms with van der Waals surface area (Å²) in [5, 5.41) is 10.5. The number of hydrogen-bond acceptors (Lipinski definition) is 4. The number of benzene rings is 2. The maximum atomic E-state index is 12.1. The van der Waals surface area contributed by atoms with Crippen LogP contribution >= 0.6 is 11.6 Å². The van der Waals surface area contributed by atoms with E-state index >= 15 is 0 Å². The number of sulfonamides is 1. The van der Waals surface area contributed by atoms with Gasteiger partial charge in [-0.3, -0.25) is 0 Å². The van der Waals surface area contributed by atoms with Gasteiger partial charge in [0.2, 0.25) is 10.0 Å². The number of rotatable bonds is 6. The fraction of sp³-hybridized carbons (Fsp3) is 0.200. The minimum Gasteiger partial charge on any atom is -0.497 e. The first-order valence-corrected chi connectivity index (χ1v) is 8.36. The Kier molecular flexibility index (Phi) is 5.42. The van der Waals surface area contributed by atoms with E-state index < -0.39 is 16.1 Å². The summed E-state index contributed by atoms with van der Waals surface area (Å²) in [6.45, 7) is -0.141. The Morgan fingerprint density at radius 3 is 2.55 bits per heavy atom. The summed E-state index contributed by atoms with van der Waals surface area (Å²) in [5.74, 6) is 0.595. The van der Waals surface area contributed by atoms with E-state index in [4.69, 9.17) is 16.3 Å². The van der Waals surface area contributed by atoms with E-state index in [0.717, 1.165) is 0 Å². The predicted molar refractivity (Wildman–Crippen MR) is 84.6 cm³/mol. The third kappa shape index (κ3) is 4.20. The fourth-order valence-electron chi connectivity index (χ4n) is 1.85. The average Bonchev–Trinajstić information content (AvgIpc) is 2.53. The molecule has 7 heteroatoms. The van der Waals surface area contributed by atoms with Crippen molar-refractivity contribution in [3.05, 3.63) is 59.1 Å². The number of methoxy groups -OCH3 is 1. The van der Waals surface area contributed by atoms with Gasteiger partial charge in [-0.2, -0.15) is 0 Å². The SMILES string of the molecule is COc1cccc(C(O)CNS(=O)(=O)c2ccc(Cl)cc2)c1. The molecule has 5 nitrogen and oxygen atoms in total. The van der Waals surface area contributed by atoms with Crippen LogP contribution in [-0.4, -0.2) is 27.2 Å².